The number of nitrogens with two attached hydrogens (primary N) is 1. The van der Waals surface area contributed by atoms with Gasteiger partial charge in [-0.15, -0.1) is 0 Å². The van der Waals surface area contributed by atoms with Gasteiger partial charge in [0.25, 0.3) is 5.91 Å². The maximum Gasteiger partial charge on any atom is 0.257 e. The minimum absolute atomic E-state index is 0.0503. The number of amides is 1. The van der Waals surface area contributed by atoms with Crippen LogP contribution < -0.4 is 5.73 Å². The zero-order valence-electron chi connectivity index (χ0n) is 13.7. The third-order valence-electron chi connectivity index (χ3n) is 4.91. The molecule has 1 aromatic carbocycles. The number of aryl methyl sites for hydroxylation is 1. The van der Waals surface area contributed by atoms with Gasteiger partial charge in [0.1, 0.15) is 0 Å². The minimum Gasteiger partial charge on any atom is -0.337 e. The molecule has 1 aliphatic heterocycles. The van der Waals surface area contributed by atoms with Crippen molar-refractivity contribution in [3.05, 3.63) is 46.2 Å². The molecule has 1 amide bonds. The number of aromatic nitrogens is 2. The standard InChI is InChI=1S/C18H21ClN4O/c1-11-2-5-14(8-16(11)19)23-17(12-3-4-12)15(9-21-23)18(24)22-7-6-13(20)10-22/h2,5,8-9,12-13H,3-4,6-7,10,20H2,1H3/t13-/m0/s1. The highest BCUT2D eigenvalue weighted by Crippen LogP contribution is 2.43. The molecular formula is C18H21ClN4O. The summed E-state index contributed by atoms with van der Waals surface area (Å²) in [4.78, 5) is 14.7. The fourth-order valence-corrected chi connectivity index (χ4v) is 3.51. The van der Waals surface area contributed by atoms with E-state index in [1.165, 1.54) is 0 Å². The number of nitrogens with zero attached hydrogens (tertiary/aromatic N) is 3. The molecule has 2 fully saturated rings. The molecule has 2 N–H and O–H groups in total. The third-order valence-corrected chi connectivity index (χ3v) is 5.32. The normalized spacial score (nSPS) is 20.6. The molecule has 1 saturated heterocycles. The van der Waals surface area contributed by atoms with Crippen LogP contribution in [0.15, 0.2) is 24.4 Å². The second-order valence-electron chi connectivity index (χ2n) is 6.86. The topological polar surface area (TPSA) is 64.2 Å². The van der Waals surface area contributed by atoms with Gasteiger partial charge in [0.05, 0.1) is 23.1 Å². The van der Waals surface area contributed by atoms with Gasteiger partial charge in [-0.3, -0.25) is 4.79 Å². The molecule has 0 bridgehead atoms. The molecule has 1 aliphatic carbocycles. The Labute approximate surface area is 146 Å². The van der Waals surface area contributed by atoms with Crippen molar-refractivity contribution in [3.63, 3.8) is 0 Å². The first kappa shape index (κ1) is 15.7. The van der Waals surface area contributed by atoms with E-state index < -0.39 is 0 Å². The van der Waals surface area contributed by atoms with Crippen LogP contribution in [0, 0.1) is 6.92 Å². The van der Waals surface area contributed by atoms with Crippen LogP contribution in [0.25, 0.3) is 5.69 Å². The number of likely N-dealkylation sites (tertiary alicyclic amines) is 1. The molecule has 126 valence electrons. The molecule has 1 aromatic heterocycles. The highest BCUT2D eigenvalue weighted by atomic mass is 35.5. The molecule has 2 aliphatic rings. The molecule has 4 rings (SSSR count). The summed E-state index contributed by atoms with van der Waals surface area (Å²) in [5.41, 5.74) is 9.61. The number of rotatable bonds is 3. The third kappa shape index (κ3) is 2.72. The van der Waals surface area contributed by atoms with Crippen molar-refractivity contribution in [1.29, 1.82) is 0 Å². The fourth-order valence-electron chi connectivity index (χ4n) is 3.33. The average Bonchev–Trinajstić information content (AvgIpc) is 3.15. The highest BCUT2D eigenvalue weighted by molar-refractivity contribution is 6.31. The second-order valence-corrected chi connectivity index (χ2v) is 7.27. The molecule has 2 aromatic rings. The van der Waals surface area contributed by atoms with E-state index in [0.29, 0.717) is 23.0 Å². The first-order valence-corrected chi connectivity index (χ1v) is 8.81. The van der Waals surface area contributed by atoms with Gasteiger partial charge in [0.15, 0.2) is 0 Å². The van der Waals surface area contributed by atoms with Crippen molar-refractivity contribution in [2.24, 2.45) is 5.73 Å². The molecule has 0 spiro atoms. The lowest BCUT2D eigenvalue weighted by molar-refractivity contribution is 0.0789. The molecule has 6 heteroatoms. The van der Waals surface area contributed by atoms with Crippen molar-refractivity contribution >= 4 is 17.5 Å². The van der Waals surface area contributed by atoms with E-state index in [-0.39, 0.29) is 11.9 Å². The van der Waals surface area contributed by atoms with E-state index in [0.717, 1.165) is 42.8 Å². The van der Waals surface area contributed by atoms with Gasteiger partial charge in [-0.1, -0.05) is 17.7 Å². The van der Waals surface area contributed by atoms with Crippen LogP contribution in [0.2, 0.25) is 5.02 Å². The lowest BCUT2D eigenvalue weighted by Gasteiger charge is -2.16. The van der Waals surface area contributed by atoms with Gasteiger partial charge in [0, 0.05) is 30.1 Å². The van der Waals surface area contributed by atoms with E-state index in [9.17, 15) is 4.79 Å². The summed E-state index contributed by atoms with van der Waals surface area (Å²) in [5, 5.41) is 5.22. The number of benzene rings is 1. The van der Waals surface area contributed by atoms with Crippen molar-refractivity contribution in [2.45, 2.75) is 38.1 Å². The summed E-state index contributed by atoms with van der Waals surface area (Å²) in [6, 6.07) is 5.98. The summed E-state index contributed by atoms with van der Waals surface area (Å²) < 4.78 is 1.88. The van der Waals surface area contributed by atoms with Crippen LogP contribution in [0.4, 0.5) is 0 Å². The monoisotopic (exact) mass is 344 g/mol. The number of carbonyl (C=O) groups excluding carboxylic acids is 1. The summed E-state index contributed by atoms with van der Waals surface area (Å²) >= 11 is 6.27. The maximum absolute atomic E-state index is 12.9. The molecular weight excluding hydrogens is 324 g/mol. The summed E-state index contributed by atoms with van der Waals surface area (Å²) in [6.45, 7) is 3.33. The van der Waals surface area contributed by atoms with E-state index in [4.69, 9.17) is 17.3 Å². The Hall–Kier alpha value is -1.85. The van der Waals surface area contributed by atoms with Crippen LogP contribution >= 0.6 is 11.6 Å². The molecule has 2 heterocycles. The summed E-state index contributed by atoms with van der Waals surface area (Å²) in [5.74, 6) is 0.456. The average molecular weight is 345 g/mol. The molecule has 5 nitrogen and oxygen atoms in total. The van der Waals surface area contributed by atoms with Crippen molar-refractivity contribution in [3.8, 4) is 5.69 Å². The fraction of sp³-hybridized carbons (Fsp3) is 0.444. The predicted octanol–water partition coefficient (Wildman–Crippen LogP) is 2.88. The number of hydrogen-bond donors (Lipinski definition) is 1. The first-order chi connectivity index (χ1) is 11.5. The van der Waals surface area contributed by atoms with E-state index in [2.05, 4.69) is 5.10 Å². The number of carbonyl (C=O) groups is 1. The molecule has 0 unspecified atom stereocenters. The van der Waals surface area contributed by atoms with Crippen LogP contribution in [0.1, 0.15) is 46.8 Å². The summed E-state index contributed by atoms with van der Waals surface area (Å²) in [7, 11) is 0. The Bertz CT molecular complexity index is 796. The summed E-state index contributed by atoms with van der Waals surface area (Å²) in [6.07, 6.45) is 4.77. The minimum atomic E-state index is 0.0503. The van der Waals surface area contributed by atoms with Crippen molar-refractivity contribution in [2.75, 3.05) is 13.1 Å². The van der Waals surface area contributed by atoms with Crippen LogP contribution in [-0.4, -0.2) is 39.7 Å². The van der Waals surface area contributed by atoms with Gasteiger partial charge < -0.3 is 10.6 Å². The van der Waals surface area contributed by atoms with E-state index in [1.807, 2.05) is 34.7 Å². The molecule has 0 radical (unpaired) electrons. The quantitative estimate of drug-likeness (QED) is 0.931. The van der Waals surface area contributed by atoms with Crippen LogP contribution in [0.5, 0.6) is 0 Å². The molecule has 1 atom stereocenters. The number of hydrogen-bond acceptors (Lipinski definition) is 3. The van der Waals surface area contributed by atoms with Crippen LogP contribution in [-0.2, 0) is 0 Å². The SMILES string of the molecule is Cc1ccc(-n2ncc(C(=O)N3CC[C@H](N)C3)c2C2CC2)cc1Cl. The lowest BCUT2D eigenvalue weighted by Crippen LogP contribution is -2.32. The predicted molar refractivity (Wildman–Crippen MR) is 93.8 cm³/mol. The maximum atomic E-state index is 12.9. The first-order valence-electron chi connectivity index (χ1n) is 8.44. The largest absolute Gasteiger partial charge is 0.337 e. The zero-order valence-corrected chi connectivity index (χ0v) is 14.5. The molecule has 24 heavy (non-hydrogen) atoms. The van der Waals surface area contributed by atoms with Gasteiger partial charge in [-0.25, -0.2) is 4.68 Å². The number of halogens is 1. The van der Waals surface area contributed by atoms with Crippen LogP contribution in [0.3, 0.4) is 0 Å². The van der Waals surface area contributed by atoms with Crippen molar-refractivity contribution < 1.29 is 4.79 Å². The zero-order chi connectivity index (χ0) is 16.8. The Balaban J connectivity index is 1.73. The van der Waals surface area contributed by atoms with Gasteiger partial charge >= 0.3 is 0 Å². The molecule has 1 saturated carbocycles. The Morgan fingerprint density at radius 1 is 1.33 bits per heavy atom. The lowest BCUT2D eigenvalue weighted by atomic mass is 10.1. The van der Waals surface area contributed by atoms with Crippen molar-refractivity contribution in [1.82, 2.24) is 14.7 Å². The smallest absolute Gasteiger partial charge is 0.257 e. The Morgan fingerprint density at radius 3 is 2.75 bits per heavy atom. The van der Waals surface area contributed by atoms with Gasteiger partial charge in [0.2, 0.25) is 0 Å². The highest BCUT2D eigenvalue weighted by Gasteiger charge is 2.35. The second kappa shape index (κ2) is 5.90. The van der Waals surface area contributed by atoms with E-state index >= 15 is 0 Å². The van der Waals surface area contributed by atoms with E-state index in [1.54, 1.807) is 6.20 Å². The van der Waals surface area contributed by atoms with Gasteiger partial charge in [-0.2, -0.15) is 5.10 Å². The van der Waals surface area contributed by atoms with Gasteiger partial charge in [-0.05, 0) is 43.9 Å². The Morgan fingerprint density at radius 2 is 2.12 bits per heavy atom. The Kier molecular flexibility index (Phi) is 3.85.